The maximum atomic E-state index is 13.6. The Kier molecular flexibility index (Phi) is 4.58. The highest BCUT2D eigenvalue weighted by atomic mass is 19.4. The quantitative estimate of drug-likeness (QED) is 0.732. The summed E-state index contributed by atoms with van der Waals surface area (Å²) < 4.78 is 40.7. The van der Waals surface area contributed by atoms with Crippen molar-refractivity contribution in [3.8, 4) is 11.3 Å². The number of alkyl halides is 3. The van der Waals surface area contributed by atoms with Crippen molar-refractivity contribution < 1.29 is 18.0 Å². The molecule has 4 rings (SSSR count). The van der Waals surface area contributed by atoms with Gasteiger partial charge in [0.1, 0.15) is 11.6 Å². The van der Waals surface area contributed by atoms with Gasteiger partial charge < -0.3 is 15.5 Å². The molecule has 2 aliphatic rings. The van der Waals surface area contributed by atoms with E-state index in [4.69, 9.17) is 0 Å². The first-order valence-electron chi connectivity index (χ1n) is 8.92. The Morgan fingerprint density at radius 2 is 2.11 bits per heavy atom. The van der Waals surface area contributed by atoms with Gasteiger partial charge in [-0.1, -0.05) is 0 Å². The average Bonchev–Trinajstić information content (AvgIpc) is 2.66. The van der Waals surface area contributed by atoms with Crippen molar-refractivity contribution in [1.29, 1.82) is 0 Å². The van der Waals surface area contributed by atoms with Gasteiger partial charge in [-0.15, -0.1) is 0 Å². The zero-order valence-electron chi connectivity index (χ0n) is 15.1. The molecule has 10 heteroatoms. The number of aromatic nitrogens is 2. The number of nitrogens with one attached hydrogen (secondary N) is 3. The Labute approximate surface area is 159 Å². The summed E-state index contributed by atoms with van der Waals surface area (Å²) in [7, 11) is 0. The van der Waals surface area contributed by atoms with Gasteiger partial charge in [-0.2, -0.15) is 13.2 Å². The number of amides is 2. The van der Waals surface area contributed by atoms with E-state index in [1.54, 1.807) is 6.07 Å². The van der Waals surface area contributed by atoms with Crippen LogP contribution in [-0.4, -0.2) is 41.7 Å². The van der Waals surface area contributed by atoms with Gasteiger partial charge in [-0.3, -0.25) is 5.32 Å². The maximum Gasteiger partial charge on any atom is 0.416 e. The van der Waals surface area contributed by atoms with Crippen LogP contribution < -0.4 is 20.9 Å². The van der Waals surface area contributed by atoms with E-state index in [-0.39, 0.29) is 24.1 Å². The molecule has 1 unspecified atom stereocenters. The molecule has 0 saturated carbocycles. The van der Waals surface area contributed by atoms with Gasteiger partial charge in [0.15, 0.2) is 0 Å². The smallest absolute Gasteiger partial charge is 0.354 e. The molecule has 0 aromatic carbocycles. The highest BCUT2D eigenvalue weighted by Gasteiger charge is 2.33. The van der Waals surface area contributed by atoms with Crippen LogP contribution >= 0.6 is 0 Å². The number of hydrogen-bond donors (Lipinski definition) is 3. The minimum Gasteiger partial charge on any atom is -0.354 e. The number of urea groups is 1. The summed E-state index contributed by atoms with van der Waals surface area (Å²) in [4.78, 5) is 22.0. The van der Waals surface area contributed by atoms with E-state index in [1.165, 1.54) is 6.20 Å². The Bertz CT molecular complexity index is 917. The highest BCUT2D eigenvalue weighted by Crippen LogP contribution is 2.36. The number of nitrogens with zero attached hydrogens (tertiary/aromatic N) is 3. The van der Waals surface area contributed by atoms with Gasteiger partial charge in [0.25, 0.3) is 0 Å². The summed E-state index contributed by atoms with van der Waals surface area (Å²) in [6, 6.07) is 3.51. The van der Waals surface area contributed by atoms with Crippen LogP contribution in [0.15, 0.2) is 24.4 Å². The maximum absolute atomic E-state index is 13.6. The summed E-state index contributed by atoms with van der Waals surface area (Å²) in [5.74, 6) is 0.620. The van der Waals surface area contributed by atoms with E-state index in [0.717, 1.165) is 12.1 Å². The van der Waals surface area contributed by atoms with Gasteiger partial charge in [0.2, 0.25) is 0 Å². The molecule has 1 atom stereocenters. The predicted octanol–water partition coefficient (Wildman–Crippen LogP) is 2.60. The molecule has 0 bridgehead atoms. The molecule has 148 valence electrons. The van der Waals surface area contributed by atoms with Crippen LogP contribution in [0.25, 0.3) is 11.3 Å². The van der Waals surface area contributed by atoms with Gasteiger partial charge in [0.05, 0.1) is 11.3 Å². The van der Waals surface area contributed by atoms with Crippen molar-refractivity contribution in [3.63, 3.8) is 0 Å². The SMILES string of the molecule is CC1CN(c2cc(C(F)(F)F)cc(-c3ccnc4c3CNC(=O)N4)n2)CCN1. The largest absolute Gasteiger partial charge is 0.416 e. The molecular formula is C18H19F3N6O. The fourth-order valence-electron chi connectivity index (χ4n) is 3.46. The Balaban J connectivity index is 1.82. The molecule has 1 fully saturated rings. The van der Waals surface area contributed by atoms with Crippen molar-refractivity contribution in [1.82, 2.24) is 20.6 Å². The van der Waals surface area contributed by atoms with Gasteiger partial charge in [-0.25, -0.2) is 14.8 Å². The van der Waals surface area contributed by atoms with Crippen LogP contribution in [0.1, 0.15) is 18.1 Å². The molecule has 7 nitrogen and oxygen atoms in total. The first kappa shape index (κ1) is 18.5. The molecule has 0 aliphatic carbocycles. The van der Waals surface area contributed by atoms with Crippen LogP contribution in [0.3, 0.4) is 0 Å². The van der Waals surface area contributed by atoms with E-state index in [2.05, 4.69) is 25.9 Å². The molecular weight excluding hydrogens is 373 g/mol. The highest BCUT2D eigenvalue weighted by molar-refractivity contribution is 5.92. The van der Waals surface area contributed by atoms with Crippen LogP contribution in [0.2, 0.25) is 0 Å². The fourth-order valence-corrected chi connectivity index (χ4v) is 3.46. The number of fused-ring (bicyclic) bond motifs is 1. The van der Waals surface area contributed by atoms with Crippen molar-refractivity contribution in [2.45, 2.75) is 25.7 Å². The third-order valence-electron chi connectivity index (χ3n) is 4.82. The Morgan fingerprint density at radius 1 is 1.29 bits per heavy atom. The number of carbonyl (C=O) groups is 1. The number of hydrogen-bond acceptors (Lipinski definition) is 5. The molecule has 2 amide bonds. The minimum atomic E-state index is -4.49. The lowest BCUT2D eigenvalue weighted by Gasteiger charge is -2.33. The van der Waals surface area contributed by atoms with E-state index in [1.807, 2.05) is 11.8 Å². The molecule has 4 heterocycles. The van der Waals surface area contributed by atoms with Crippen LogP contribution in [-0.2, 0) is 12.7 Å². The molecule has 28 heavy (non-hydrogen) atoms. The number of halogens is 3. The molecule has 0 spiro atoms. The third-order valence-corrected chi connectivity index (χ3v) is 4.82. The normalized spacial score (nSPS) is 19.6. The summed E-state index contributed by atoms with van der Waals surface area (Å²) in [5, 5.41) is 8.46. The lowest BCUT2D eigenvalue weighted by molar-refractivity contribution is -0.137. The molecule has 0 radical (unpaired) electrons. The molecule has 2 aromatic rings. The van der Waals surface area contributed by atoms with E-state index >= 15 is 0 Å². The Hall–Kier alpha value is -2.88. The van der Waals surface area contributed by atoms with Crippen molar-refractivity contribution in [2.24, 2.45) is 0 Å². The topological polar surface area (TPSA) is 82.2 Å². The third kappa shape index (κ3) is 3.59. The summed E-state index contributed by atoms with van der Waals surface area (Å²) in [6.07, 6.45) is -3.04. The van der Waals surface area contributed by atoms with E-state index in [0.29, 0.717) is 36.6 Å². The lowest BCUT2D eigenvalue weighted by Crippen LogP contribution is -2.49. The predicted molar refractivity (Wildman–Crippen MR) is 98.0 cm³/mol. The van der Waals surface area contributed by atoms with Crippen LogP contribution in [0, 0.1) is 0 Å². The summed E-state index contributed by atoms with van der Waals surface area (Å²) >= 11 is 0. The average molecular weight is 392 g/mol. The zero-order valence-corrected chi connectivity index (χ0v) is 15.1. The molecule has 2 aromatic heterocycles. The number of pyridine rings is 2. The standard InChI is InChI=1S/C18H19F3N6O/c1-10-9-27(5-4-22-10)15-7-11(18(19,20)21)6-14(25-15)12-2-3-23-16-13(12)8-24-17(28)26-16/h2-3,6-7,10,22H,4-5,8-9H2,1H3,(H2,23,24,26,28). The minimum absolute atomic E-state index is 0.154. The first-order valence-corrected chi connectivity index (χ1v) is 8.92. The van der Waals surface area contributed by atoms with E-state index < -0.39 is 17.8 Å². The summed E-state index contributed by atoms with van der Waals surface area (Å²) in [6.45, 7) is 3.97. The van der Waals surface area contributed by atoms with E-state index in [9.17, 15) is 18.0 Å². The number of piperazine rings is 1. The van der Waals surface area contributed by atoms with Crippen molar-refractivity contribution in [2.75, 3.05) is 29.9 Å². The van der Waals surface area contributed by atoms with Gasteiger partial charge >= 0.3 is 12.2 Å². The van der Waals surface area contributed by atoms with Crippen LogP contribution in [0.5, 0.6) is 0 Å². The van der Waals surface area contributed by atoms with Gasteiger partial charge in [-0.05, 0) is 25.1 Å². The van der Waals surface area contributed by atoms with Crippen molar-refractivity contribution in [3.05, 3.63) is 35.5 Å². The van der Waals surface area contributed by atoms with Crippen molar-refractivity contribution >= 4 is 17.7 Å². The fraction of sp³-hybridized carbons (Fsp3) is 0.389. The van der Waals surface area contributed by atoms with Gasteiger partial charge in [0, 0.05) is 49.5 Å². The second-order valence-electron chi connectivity index (χ2n) is 6.89. The Morgan fingerprint density at radius 3 is 2.86 bits per heavy atom. The van der Waals surface area contributed by atoms with Crippen LogP contribution in [0.4, 0.5) is 29.6 Å². The zero-order chi connectivity index (χ0) is 19.9. The number of rotatable bonds is 2. The number of anilines is 2. The monoisotopic (exact) mass is 392 g/mol. The molecule has 3 N–H and O–H groups in total. The molecule has 2 aliphatic heterocycles. The molecule has 1 saturated heterocycles. The second-order valence-corrected chi connectivity index (χ2v) is 6.89. The first-order chi connectivity index (χ1) is 13.3. The second kappa shape index (κ2) is 6.93. The summed E-state index contributed by atoms with van der Waals surface area (Å²) in [5.41, 5.74) is 0.561. The number of carbonyl (C=O) groups excluding carboxylic acids is 1. The lowest BCUT2D eigenvalue weighted by atomic mass is 10.0.